The van der Waals surface area contributed by atoms with Gasteiger partial charge in [0.25, 0.3) is 10.0 Å². The topological polar surface area (TPSA) is 93.1 Å². The van der Waals surface area contributed by atoms with E-state index in [1.54, 1.807) is 12.1 Å². The summed E-state index contributed by atoms with van der Waals surface area (Å²) in [5, 5.41) is 7.64. The Kier molecular flexibility index (Phi) is 5.70. The number of carbonyl (C=O) groups excluding carboxylic acids is 1. The monoisotopic (exact) mass is 464 g/mol. The number of rotatable bonds is 4. The van der Waals surface area contributed by atoms with Gasteiger partial charge in [-0.05, 0) is 62.4 Å². The van der Waals surface area contributed by atoms with E-state index < -0.39 is 16.1 Å². The summed E-state index contributed by atoms with van der Waals surface area (Å²) in [4.78, 5) is 12.3. The second-order valence-electron chi connectivity index (χ2n) is 8.89. The number of urea groups is 1. The Balaban J connectivity index is 1.35. The van der Waals surface area contributed by atoms with E-state index >= 15 is 0 Å². The van der Waals surface area contributed by atoms with Gasteiger partial charge in [0, 0.05) is 22.9 Å². The van der Waals surface area contributed by atoms with Crippen molar-refractivity contribution in [1.82, 2.24) is 19.8 Å². The minimum absolute atomic E-state index is 0.0373. The van der Waals surface area contributed by atoms with Crippen molar-refractivity contribution in [1.29, 1.82) is 0 Å². The van der Waals surface area contributed by atoms with Gasteiger partial charge in [0.2, 0.25) is 0 Å². The van der Waals surface area contributed by atoms with Gasteiger partial charge in [-0.3, -0.25) is 0 Å². The number of aromatic nitrogens is 2. The van der Waals surface area contributed by atoms with E-state index in [-0.39, 0.29) is 10.9 Å². The number of hydrogen-bond acceptors (Lipinski definition) is 4. The van der Waals surface area contributed by atoms with E-state index in [2.05, 4.69) is 28.2 Å². The Morgan fingerprint density at radius 2 is 1.73 bits per heavy atom. The van der Waals surface area contributed by atoms with Crippen molar-refractivity contribution >= 4 is 16.1 Å². The minimum Gasteiger partial charge on any atom is -0.335 e. The number of nitrogens with zero attached hydrogens (tertiary/aromatic N) is 2. The van der Waals surface area contributed by atoms with Gasteiger partial charge in [0.15, 0.2) is 0 Å². The number of fused-ring (bicyclic) bond motifs is 3. The van der Waals surface area contributed by atoms with Crippen LogP contribution >= 0.6 is 0 Å². The van der Waals surface area contributed by atoms with Gasteiger partial charge in [-0.25, -0.2) is 22.6 Å². The zero-order valence-corrected chi connectivity index (χ0v) is 19.5. The maximum absolute atomic E-state index is 12.7. The predicted molar refractivity (Wildman–Crippen MR) is 127 cm³/mol. The smallest absolute Gasteiger partial charge is 0.328 e. The first-order valence-corrected chi connectivity index (χ1v) is 13.0. The van der Waals surface area contributed by atoms with Gasteiger partial charge in [0.1, 0.15) is 0 Å². The third-order valence-corrected chi connectivity index (χ3v) is 8.06. The molecule has 5 rings (SSSR count). The third-order valence-electron chi connectivity index (χ3n) is 6.72. The van der Waals surface area contributed by atoms with Crippen LogP contribution in [0.5, 0.6) is 0 Å². The summed E-state index contributed by atoms with van der Waals surface area (Å²) in [5.74, 6) is 0. The van der Waals surface area contributed by atoms with Gasteiger partial charge < -0.3 is 5.32 Å². The van der Waals surface area contributed by atoms with Gasteiger partial charge in [-0.2, -0.15) is 5.10 Å². The summed E-state index contributed by atoms with van der Waals surface area (Å²) in [6.07, 6.45) is 6.98. The first-order valence-electron chi connectivity index (χ1n) is 11.5. The first-order chi connectivity index (χ1) is 15.9. The van der Waals surface area contributed by atoms with E-state index in [4.69, 9.17) is 5.10 Å². The van der Waals surface area contributed by atoms with Crippen molar-refractivity contribution in [2.45, 2.75) is 62.8 Å². The number of benzene rings is 2. The lowest BCUT2D eigenvalue weighted by Crippen LogP contribution is -2.45. The average molecular weight is 465 g/mol. The molecule has 0 spiro atoms. The summed E-state index contributed by atoms with van der Waals surface area (Å²) >= 11 is 0. The second kappa shape index (κ2) is 8.67. The SMILES string of the molecule is Cc1c2c(nn1-c1ccc(S(=O)(=O)NC(=O)NC3CCCCC3)cc1)-c1ccccc1CC2. The summed E-state index contributed by atoms with van der Waals surface area (Å²) in [6, 6.07) is 14.2. The van der Waals surface area contributed by atoms with Gasteiger partial charge >= 0.3 is 6.03 Å². The fourth-order valence-corrected chi connectivity index (χ4v) is 5.86. The number of nitrogens with one attached hydrogen (secondary N) is 2. The van der Waals surface area contributed by atoms with Crippen LogP contribution in [0, 0.1) is 6.92 Å². The minimum atomic E-state index is -3.95. The standard InChI is InChI=1S/C25H28N4O3S/c1-17-22-16-11-18-7-5-6-10-23(18)24(22)27-29(17)20-12-14-21(15-13-20)33(31,32)28-25(30)26-19-8-3-2-4-9-19/h5-7,10,12-15,19H,2-4,8-9,11,16H2,1H3,(H2,26,28,30). The second-order valence-corrected chi connectivity index (χ2v) is 10.6. The molecule has 2 N–H and O–H groups in total. The Hall–Kier alpha value is -3.13. The Bertz CT molecular complexity index is 1290. The molecule has 3 aromatic rings. The molecule has 0 atom stereocenters. The molecule has 2 amide bonds. The molecular weight excluding hydrogens is 436 g/mol. The summed E-state index contributed by atoms with van der Waals surface area (Å²) in [5.41, 5.74) is 6.52. The molecular formula is C25H28N4O3S. The number of carbonyl (C=O) groups is 1. The molecule has 0 saturated heterocycles. The Morgan fingerprint density at radius 3 is 2.48 bits per heavy atom. The predicted octanol–water partition coefficient (Wildman–Crippen LogP) is 4.27. The van der Waals surface area contributed by atoms with E-state index in [0.29, 0.717) is 0 Å². The first kappa shape index (κ1) is 21.7. The molecule has 7 nitrogen and oxygen atoms in total. The van der Waals surface area contributed by atoms with Crippen molar-refractivity contribution in [2.24, 2.45) is 0 Å². The maximum atomic E-state index is 12.7. The fraction of sp³-hybridized carbons (Fsp3) is 0.360. The zero-order valence-electron chi connectivity index (χ0n) is 18.7. The van der Waals surface area contributed by atoms with E-state index in [0.717, 1.165) is 67.6 Å². The molecule has 0 aliphatic heterocycles. The Labute approximate surface area is 194 Å². The highest BCUT2D eigenvalue weighted by atomic mass is 32.2. The number of sulfonamides is 1. The van der Waals surface area contributed by atoms with Crippen molar-refractivity contribution in [3.05, 3.63) is 65.4 Å². The van der Waals surface area contributed by atoms with Crippen LogP contribution in [0.1, 0.15) is 48.9 Å². The molecule has 8 heteroatoms. The van der Waals surface area contributed by atoms with Gasteiger partial charge in [0.05, 0.1) is 16.3 Å². The number of aryl methyl sites for hydroxylation is 1. The maximum Gasteiger partial charge on any atom is 0.328 e. The molecule has 2 aliphatic carbocycles. The summed E-state index contributed by atoms with van der Waals surface area (Å²) < 4.78 is 29.4. The zero-order chi connectivity index (χ0) is 23.0. The van der Waals surface area contributed by atoms with Crippen LogP contribution in [0.2, 0.25) is 0 Å². The largest absolute Gasteiger partial charge is 0.335 e. The van der Waals surface area contributed by atoms with Crippen LogP contribution < -0.4 is 10.0 Å². The molecule has 0 radical (unpaired) electrons. The number of amides is 2. The van der Waals surface area contributed by atoms with Crippen molar-refractivity contribution < 1.29 is 13.2 Å². The molecule has 1 aromatic heterocycles. The lowest BCUT2D eigenvalue weighted by atomic mass is 9.89. The van der Waals surface area contributed by atoms with Crippen molar-refractivity contribution in [3.8, 4) is 16.9 Å². The fourth-order valence-electron chi connectivity index (χ4n) is 4.94. The highest BCUT2D eigenvalue weighted by Crippen LogP contribution is 2.35. The van der Waals surface area contributed by atoms with Crippen LogP contribution in [-0.2, 0) is 22.9 Å². The third kappa shape index (κ3) is 4.27. The van der Waals surface area contributed by atoms with Crippen LogP contribution in [-0.4, -0.2) is 30.3 Å². The van der Waals surface area contributed by atoms with Crippen LogP contribution in [0.4, 0.5) is 4.79 Å². The molecule has 0 unspecified atom stereocenters. The average Bonchev–Trinajstić information content (AvgIpc) is 3.16. The lowest BCUT2D eigenvalue weighted by molar-refractivity contribution is 0.237. The van der Waals surface area contributed by atoms with Crippen LogP contribution in [0.25, 0.3) is 16.9 Å². The van der Waals surface area contributed by atoms with Crippen molar-refractivity contribution in [3.63, 3.8) is 0 Å². The van der Waals surface area contributed by atoms with Crippen LogP contribution in [0.15, 0.2) is 53.4 Å². The van der Waals surface area contributed by atoms with E-state index in [1.165, 1.54) is 23.3 Å². The van der Waals surface area contributed by atoms with Gasteiger partial charge in [-0.15, -0.1) is 0 Å². The molecule has 172 valence electrons. The highest BCUT2D eigenvalue weighted by Gasteiger charge is 2.24. The van der Waals surface area contributed by atoms with Gasteiger partial charge in [-0.1, -0.05) is 43.5 Å². The normalized spacial score (nSPS) is 16.0. The summed E-state index contributed by atoms with van der Waals surface area (Å²) in [7, 11) is -3.95. The molecule has 2 aliphatic rings. The summed E-state index contributed by atoms with van der Waals surface area (Å²) in [6.45, 7) is 2.04. The van der Waals surface area contributed by atoms with Crippen LogP contribution in [0.3, 0.4) is 0 Å². The molecule has 0 bridgehead atoms. The molecule has 33 heavy (non-hydrogen) atoms. The highest BCUT2D eigenvalue weighted by molar-refractivity contribution is 7.90. The molecule has 1 fully saturated rings. The van der Waals surface area contributed by atoms with Crippen molar-refractivity contribution in [2.75, 3.05) is 0 Å². The number of hydrogen-bond donors (Lipinski definition) is 2. The van der Waals surface area contributed by atoms with E-state index in [1.807, 2.05) is 17.7 Å². The Morgan fingerprint density at radius 1 is 1.00 bits per heavy atom. The molecule has 1 saturated carbocycles. The molecule has 2 aromatic carbocycles. The quantitative estimate of drug-likeness (QED) is 0.603. The molecule has 1 heterocycles. The lowest BCUT2D eigenvalue weighted by Gasteiger charge is -2.22. The van der Waals surface area contributed by atoms with E-state index in [9.17, 15) is 13.2 Å².